The van der Waals surface area contributed by atoms with E-state index >= 15 is 0 Å². The van der Waals surface area contributed by atoms with Gasteiger partial charge in [0.25, 0.3) is 0 Å². The predicted molar refractivity (Wildman–Crippen MR) is 65.2 cm³/mol. The summed E-state index contributed by atoms with van der Waals surface area (Å²) in [7, 11) is 1.22. The number of methoxy groups -OCH3 is 1. The van der Waals surface area contributed by atoms with E-state index in [0.29, 0.717) is 0 Å². The molecule has 0 aliphatic carbocycles. The lowest BCUT2D eigenvalue weighted by Gasteiger charge is -2.10. The van der Waals surface area contributed by atoms with Crippen LogP contribution in [0.2, 0.25) is 0 Å². The first kappa shape index (κ1) is 13.3. The van der Waals surface area contributed by atoms with Gasteiger partial charge in [0.05, 0.1) is 7.11 Å². The molecular weight excluding hydrogens is 251 g/mol. The molecule has 1 aromatic heterocycles. The minimum atomic E-state index is -1.27. The number of rotatable bonds is 3. The third kappa shape index (κ3) is 2.66. The van der Waals surface area contributed by atoms with Crippen molar-refractivity contribution < 1.29 is 23.4 Å². The molecule has 4 nitrogen and oxygen atoms in total. The number of esters is 1. The van der Waals surface area contributed by atoms with Crippen LogP contribution in [0.15, 0.2) is 34.7 Å². The molecule has 0 saturated carbocycles. The average Bonchev–Trinajstić information content (AvgIpc) is 2.89. The number of aryl methyl sites for hydroxylation is 1. The highest BCUT2D eigenvalue weighted by molar-refractivity contribution is 5.86. The molecule has 2 rings (SSSR count). The van der Waals surface area contributed by atoms with Gasteiger partial charge in [-0.2, -0.15) is 0 Å². The number of carbonyl (C=O) groups is 1. The van der Waals surface area contributed by atoms with Crippen molar-refractivity contribution in [1.29, 1.82) is 0 Å². The molecule has 0 aliphatic rings. The number of ether oxygens (including phenoxy) is 1. The van der Waals surface area contributed by atoms with Crippen LogP contribution in [0.1, 0.15) is 33.5 Å². The second-order valence-electron chi connectivity index (χ2n) is 4.12. The third-order valence-corrected chi connectivity index (χ3v) is 2.73. The summed E-state index contributed by atoms with van der Waals surface area (Å²) in [4.78, 5) is 11.2. The van der Waals surface area contributed by atoms with Gasteiger partial charge in [-0.3, -0.25) is 0 Å². The average molecular weight is 264 g/mol. The quantitative estimate of drug-likeness (QED) is 0.866. The van der Waals surface area contributed by atoms with E-state index in [9.17, 15) is 14.3 Å². The summed E-state index contributed by atoms with van der Waals surface area (Å²) in [6.45, 7) is 1.79. The molecule has 5 heteroatoms. The molecule has 0 amide bonds. The Bertz CT molecular complexity index is 603. The first-order valence-electron chi connectivity index (χ1n) is 5.65. The van der Waals surface area contributed by atoms with Crippen molar-refractivity contribution in [3.8, 4) is 0 Å². The van der Waals surface area contributed by atoms with Crippen LogP contribution in [-0.2, 0) is 4.74 Å². The lowest BCUT2D eigenvalue weighted by atomic mass is 10.0. The number of furan rings is 1. The molecule has 0 radical (unpaired) electrons. The summed E-state index contributed by atoms with van der Waals surface area (Å²) >= 11 is 0. The minimum Gasteiger partial charge on any atom is -0.463 e. The molecule has 0 fully saturated rings. The van der Waals surface area contributed by atoms with E-state index in [2.05, 4.69) is 4.74 Å². The van der Waals surface area contributed by atoms with Crippen molar-refractivity contribution in [3.63, 3.8) is 0 Å². The van der Waals surface area contributed by atoms with Crippen molar-refractivity contribution >= 4 is 5.97 Å². The number of halogens is 1. The SMILES string of the molecule is COC(=O)c1ccc(C(O)c2cc(C)ccc2F)o1. The van der Waals surface area contributed by atoms with Gasteiger partial charge in [-0.15, -0.1) is 0 Å². The van der Waals surface area contributed by atoms with E-state index in [1.165, 1.54) is 31.4 Å². The van der Waals surface area contributed by atoms with Crippen LogP contribution in [0.3, 0.4) is 0 Å². The molecule has 1 unspecified atom stereocenters. The van der Waals surface area contributed by atoms with Gasteiger partial charge < -0.3 is 14.3 Å². The number of carbonyl (C=O) groups excluding carboxylic acids is 1. The van der Waals surface area contributed by atoms with Crippen LogP contribution in [0, 0.1) is 12.7 Å². The first-order chi connectivity index (χ1) is 9.02. The zero-order valence-corrected chi connectivity index (χ0v) is 10.5. The summed E-state index contributed by atoms with van der Waals surface area (Å²) in [6, 6.07) is 7.20. The number of benzene rings is 1. The second kappa shape index (κ2) is 5.24. The molecule has 1 aromatic carbocycles. The Hall–Kier alpha value is -2.14. The summed E-state index contributed by atoms with van der Waals surface area (Å²) in [6.07, 6.45) is -1.27. The second-order valence-corrected chi connectivity index (χ2v) is 4.12. The predicted octanol–water partition coefficient (Wildman–Crippen LogP) is 2.60. The van der Waals surface area contributed by atoms with E-state index in [1.54, 1.807) is 13.0 Å². The lowest BCUT2D eigenvalue weighted by Crippen LogP contribution is -2.03. The Labute approximate surface area is 109 Å². The fourth-order valence-corrected chi connectivity index (χ4v) is 1.74. The van der Waals surface area contributed by atoms with Crippen molar-refractivity contribution in [1.82, 2.24) is 0 Å². The van der Waals surface area contributed by atoms with Crippen LogP contribution in [0.5, 0.6) is 0 Å². The van der Waals surface area contributed by atoms with Gasteiger partial charge in [-0.05, 0) is 25.1 Å². The summed E-state index contributed by atoms with van der Waals surface area (Å²) < 4.78 is 23.3. The van der Waals surface area contributed by atoms with Gasteiger partial charge in [0.15, 0.2) is 0 Å². The molecule has 1 atom stereocenters. The van der Waals surface area contributed by atoms with Crippen LogP contribution < -0.4 is 0 Å². The molecule has 0 saturated heterocycles. The molecule has 1 heterocycles. The summed E-state index contributed by atoms with van der Waals surface area (Å²) in [5.41, 5.74) is 0.918. The highest BCUT2D eigenvalue weighted by Crippen LogP contribution is 2.26. The minimum absolute atomic E-state index is 0.0374. The van der Waals surface area contributed by atoms with E-state index in [4.69, 9.17) is 4.42 Å². The molecule has 0 bridgehead atoms. The zero-order chi connectivity index (χ0) is 14.0. The van der Waals surface area contributed by atoms with E-state index in [-0.39, 0.29) is 17.1 Å². The highest BCUT2D eigenvalue weighted by atomic mass is 19.1. The number of aliphatic hydroxyl groups is 1. The Kier molecular flexibility index (Phi) is 3.66. The maximum atomic E-state index is 13.6. The molecule has 2 aromatic rings. The van der Waals surface area contributed by atoms with Crippen molar-refractivity contribution in [2.75, 3.05) is 7.11 Å². The Morgan fingerprint density at radius 1 is 1.37 bits per heavy atom. The largest absolute Gasteiger partial charge is 0.463 e. The van der Waals surface area contributed by atoms with Crippen LogP contribution in [0.4, 0.5) is 4.39 Å². The van der Waals surface area contributed by atoms with Gasteiger partial charge in [-0.25, -0.2) is 9.18 Å². The molecule has 0 aliphatic heterocycles. The Morgan fingerprint density at radius 2 is 2.11 bits per heavy atom. The molecular formula is C14H13FO4. The van der Waals surface area contributed by atoms with Crippen molar-refractivity contribution in [2.24, 2.45) is 0 Å². The zero-order valence-electron chi connectivity index (χ0n) is 10.5. The maximum absolute atomic E-state index is 13.6. The molecule has 19 heavy (non-hydrogen) atoms. The van der Waals surface area contributed by atoms with Gasteiger partial charge >= 0.3 is 5.97 Å². The number of hydrogen-bond donors (Lipinski definition) is 1. The Balaban J connectivity index is 2.33. The van der Waals surface area contributed by atoms with Gasteiger partial charge in [0, 0.05) is 5.56 Å². The monoisotopic (exact) mass is 264 g/mol. The van der Waals surface area contributed by atoms with E-state index in [1.807, 2.05) is 0 Å². The van der Waals surface area contributed by atoms with Crippen molar-refractivity contribution in [3.05, 3.63) is 58.8 Å². The fraction of sp³-hybridized carbons (Fsp3) is 0.214. The van der Waals surface area contributed by atoms with Crippen molar-refractivity contribution in [2.45, 2.75) is 13.0 Å². The number of hydrogen-bond acceptors (Lipinski definition) is 4. The standard InChI is InChI=1S/C14H13FO4/c1-8-3-4-10(15)9(7-8)13(16)11-5-6-12(19-11)14(17)18-2/h3-7,13,16H,1-2H3. The van der Waals surface area contributed by atoms with Gasteiger partial charge in [-0.1, -0.05) is 17.7 Å². The van der Waals surface area contributed by atoms with E-state index < -0.39 is 17.9 Å². The smallest absolute Gasteiger partial charge is 0.373 e. The van der Waals surface area contributed by atoms with Gasteiger partial charge in [0.2, 0.25) is 5.76 Å². The number of aliphatic hydroxyl groups excluding tert-OH is 1. The summed E-state index contributed by atoms with van der Waals surface area (Å²) in [5.74, 6) is -1.13. The molecule has 0 spiro atoms. The fourth-order valence-electron chi connectivity index (χ4n) is 1.74. The third-order valence-electron chi connectivity index (χ3n) is 2.73. The molecule has 100 valence electrons. The lowest BCUT2D eigenvalue weighted by molar-refractivity contribution is 0.0558. The van der Waals surface area contributed by atoms with Crippen LogP contribution in [-0.4, -0.2) is 18.2 Å². The molecule has 1 N–H and O–H groups in total. The van der Waals surface area contributed by atoms with E-state index in [0.717, 1.165) is 5.56 Å². The maximum Gasteiger partial charge on any atom is 0.373 e. The topological polar surface area (TPSA) is 59.7 Å². The van der Waals surface area contributed by atoms with Crippen LogP contribution >= 0.6 is 0 Å². The van der Waals surface area contributed by atoms with Gasteiger partial charge in [0.1, 0.15) is 17.7 Å². The van der Waals surface area contributed by atoms with Crippen LogP contribution in [0.25, 0.3) is 0 Å². The first-order valence-corrected chi connectivity index (χ1v) is 5.65. The summed E-state index contributed by atoms with van der Waals surface area (Å²) in [5, 5.41) is 10.1. The normalized spacial score (nSPS) is 12.2. The highest BCUT2D eigenvalue weighted by Gasteiger charge is 2.20. The Morgan fingerprint density at radius 3 is 2.79 bits per heavy atom.